The van der Waals surface area contributed by atoms with Crippen LogP contribution >= 0.6 is 0 Å². The fourth-order valence-electron chi connectivity index (χ4n) is 2.20. The number of nitrogens with zero attached hydrogens (tertiary/aromatic N) is 2. The predicted octanol–water partition coefficient (Wildman–Crippen LogP) is 2.06. The molecule has 1 heterocycles. The van der Waals surface area contributed by atoms with E-state index in [1.54, 1.807) is 0 Å². The van der Waals surface area contributed by atoms with Gasteiger partial charge in [-0.3, -0.25) is 0 Å². The van der Waals surface area contributed by atoms with E-state index in [1.165, 1.54) is 52.1 Å². The second kappa shape index (κ2) is 6.41. The zero-order valence-electron chi connectivity index (χ0n) is 10.1. The summed E-state index contributed by atoms with van der Waals surface area (Å²) in [6.07, 6.45) is 2.68. The monoisotopic (exact) mass is 198 g/mol. The molecule has 1 aliphatic heterocycles. The van der Waals surface area contributed by atoms with E-state index in [0.717, 1.165) is 5.92 Å². The number of hydrogen-bond acceptors (Lipinski definition) is 2. The Kier molecular flexibility index (Phi) is 5.49. The largest absolute Gasteiger partial charge is 0.301 e. The molecule has 0 aromatic rings. The van der Waals surface area contributed by atoms with E-state index in [2.05, 4.69) is 30.6 Å². The van der Waals surface area contributed by atoms with Gasteiger partial charge in [0, 0.05) is 32.7 Å². The molecule has 0 aromatic heterocycles. The smallest absolute Gasteiger partial charge is 0.0110 e. The highest BCUT2D eigenvalue weighted by Gasteiger charge is 2.17. The van der Waals surface area contributed by atoms with E-state index in [9.17, 15) is 0 Å². The first kappa shape index (κ1) is 12.0. The van der Waals surface area contributed by atoms with Crippen LogP contribution < -0.4 is 0 Å². The van der Waals surface area contributed by atoms with Gasteiger partial charge in [0.2, 0.25) is 0 Å². The summed E-state index contributed by atoms with van der Waals surface area (Å²) in [7, 11) is 0. The maximum absolute atomic E-state index is 2.64. The second-order valence-corrected chi connectivity index (χ2v) is 4.42. The number of likely N-dealkylation sites (N-methyl/N-ethyl adjacent to an activating group) is 1. The van der Waals surface area contributed by atoms with Crippen molar-refractivity contribution in [2.45, 2.75) is 33.6 Å². The summed E-state index contributed by atoms with van der Waals surface area (Å²) in [6.45, 7) is 14.6. The normalized spacial score (nSPS) is 20.6. The van der Waals surface area contributed by atoms with Crippen LogP contribution in [0.4, 0.5) is 0 Å². The Morgan fingerprint density at radius 1 is 0.857 bits per heavy atom. The van der Waals surface area contributed by atoms with Crippen molar-refractivity contribution in [3.05, 3.63) is 0 Å². The lowest BCUT2D eigenvalue weighted by Gasteiger charge is -2.35. The summed E-state index contributed by atoms with van der Waals surface area (Å²) in [4.78, 5) is 5.19. The lowest BCUT2D eigenvalue weighted by molar-refractivity contribution is 0.120. The van der Waals surface area contributed by atoms with Gasteiger partial charge in [-0.15, -0.1) is 0 Å². The van der Waals surface area contributed by atoms with Crippen molar-refractivity contribution < 1.29 is 0 Å². The molecule has 0 bridgehead atoms. The molecule has 0 aliphatic carbocycles. The molecule has 0 N–H and O–H groups in total. The van der Waals surface area contributed by atoms with Gasteiger partial charge in [0.25, 0.3) is 0 Å². The minimum absolute atomic E-state index is 0.920. The van der Waals surface area contributed by atoms with Crippen LogP contribution in [0.25, 0.3) is 0 Å². The highest BCUT2D eigenvalue weighted by Crippen LogP contribution is 2.11. The quantitative estimate of drug-likeness (QED) is 0.667. The Morgan fingerprint density at radius 3 is 1.79 bits per heavy atom. The van der Waals surface area contributed by atoms with Crippen LogP contribution in [0, 0.1) is 5.92 Å². The van der Waals surface area contributed by atoms with Crippen molar-refractivity contribution in [2.24, 2.45) is 5.92 Å². The van der Waals surface area contributed by atoms with Crippen molar-refractivity contribution in [3.63, 3.8) is 0 Å². The molecule has 2 heteroatoms. The van der Waals surface area contributed by atoms with Crippen LogP contribution in [0.5, 0.6) is 0 Å². The van der Waals surface area contributed by atoms with Crippen molar-refractivity contribution in [2.75, 3.05) is 39.3 Å². The summed E-state index contributed by atoms with van der Waals surface area (Å²) in [5.74, 6) is 0.920. The fraction of sp³-hybridized carbons (Fsp3) is 1.00. The predicted molar refractivity (Wildman–Crippen MR) is 62.6 cm³/mol. The summed E-state index contributed by atoms with van der Waals surface area (Å²) in [5.41, 5.74) is 0. The molecule has 1 fully saturated rings. The van der Waals surface area contributed by atoms with Crippen LogP contribution in [-0.2, 0) is 0 Å². The van der Waals surface area contributed by atoms with Gasteiger partial charge >= 0.3 is 0 Å². The van der Waals surface area contributed by atoms with Crippen molar-refractivity contribution >= 4 is 0 Å². The second-order valence-electron chi connectivity index (χ2n) is 4.42. The zero-order chi connectivity index (χ0) is 10.4. The van der Waals surface area contributed by atoms with Crippen LogP contribution in [0.1, 0.15) is 33.6 Å². The summed E-state index contributed by atoms with van der Waals surface area (Å²) < 4.78 is 0. The van der Waals surface area contributed by atoms with Crippen molar-refractivity contribution in [1.29, 1.82) is 0 Å². The van der Waals surface area contributed by atoms with Crippen LogP contribution in [0.3, 0.4) is 0 Å². The third kappa shape index (κ3) is 3.58. The molecule has 0 amide bonds. The van der Waals surface area contributed by atoms with Gasteiger partial charge < -0.3 is 9.80 Å². The molecule has 0 atom stereocenters. The minimum Gasteiger partial charge on any atom is -0.301 e. The van der Waals surface area contributed by atoms with Gasteiger partial charge in [-0.05, 0) is 12.5 Å². The zero-order valence-corrected chi connectivity index (χ0v) is 10.1. The van der Waals surface area contributed by atoms with Gasteiger partial charge in [0.1, 0.15) is 0 Å². The molecule has 0 spiro atoms. The van der Waals surface area contributed by atoms with Gasteiger partial charge in [-0.1, -0.05) is 33.6 Å². The Balaban J connectivity index is 2.21. The molecule has 1 saturated heterocycles. The van der Waals surface area contributed by atoms with Crippen molar-refractivity contribution in [1.82, 2.24) is 9.80 Å². The maximum Gasteiger partial charge on any atom is 0.0110 e. The van der Waals surface area contributed by atoms with Gasteiger partial charge in [-0.2, -0.15) is 0 Å². The molecule has 0 aromatic carbocycles. The average molecular weight is 198 g/mol. The van der Waals surface area contributed by atoms with E-state index in [0.29, 0.717) is 0 Å². The minimum atomic E-state index is 0.920. The van der Waals surface area contributed by atoms with Gasteiger partial charge in [-0.25, -0.2) is 0 Å². The molecule has 0 saturated carbocycles. The third-order valence-electron chi connectivity index (χ3n) is 3.58. The SMILES string of the molecule is CCC(CC)CN1CCN(CC)CC1. The van der Waals surface area contributed by atoms with E-state index in [-0.39, 0.29) is 0 Å². The summed E-state index contributed by atoms with van der Waals surface area (Å²) in [5, 5.41) is 0. The standard InChI is InChI=1S/C12H26N2/c1-4-12(5-2)11-14-9-7-13(6-3)8-10-14/h12H,4-11H2,1-3H3. The lowest BCUT2D eigenvalue weighted by atomic mass is 10.0. The number of piperazine rings is 1. The van der Waals surface area contributed by atoms with Gasteiger partial charge in [0.05, 0.1) is 0 Å². The summed E-state index contributed by atoms with van der Waals surface area (Å²) in [6, 6.07) is 0. The lowest BCUT2D eigenvalue weighted by Crippen LogP contribution is -2.47. The Morgan fingerprint density at radius 2 is 1.36 bits per heavy atom. The van der Waals surface area contributed by atoms with Crippen LogP contribution in [-0.4, -0.2) is 49.1 Å². The topological polar surface area (TPSA) is 6.48 Å². The Hall–Kier alpha value is -0.0800. The molecular formula is C12H26N2. The van der Waals surface area contributed by atoms with Crippen LogP contribution in [0.2, 0.25) is 0 Å². The molecular weight excluding hydrogens is 172 g/mol. The first-order valence-corrected chi connectivity index (χ1v) is 6.24. The molecule has 1 aliphatic rings. The number of hydrogen-bond donors (Lipinski definition) is 0. The number of rotatable bonds is 5. The Labute approximate surface area is 89.3 Å². The van der Waals surface area contributed by atoms with E-state index in [4.69, 9.17) is 0 Å². The fourth-order valence-corrected chi connectivity index (χ4v) is 2.20. The van der Waals surface area contributed by atoms with E-state index in [1.807, 2.05) is 0 Å². The first-order valence-electron chi connectivity index (χ1n) is 6.24. The first-order chi connectivity index (χ1) is 6.80. The van der Waals surface area contributed by atoms with E-state index < -0.39 is 0 Å². The average Bonchev–Trinajstić information content (AvgIpc) is 2.26. The third-order valence-corrected chi connectivity index (χ3v) is 3.58. The maximum atomic E-state index is 2.64. The Bertz CT molecular complexity index is 135. The van der Waals surface area contributed by atoms with Crippen LogP contribution in [0.15, 0.2) is 0 Å². The van der Waals surface area contributed by atoms with Gasteiger partial charge in [0.15, 0.2) is 0 Å². The van der Waals surface area contributed by atoms with E-state index >= 15 is 0 Å². The molecule has 0 radical (unpaired) electrons. The molecule has 0 unspecified atom stereocenters. The highest BCUT2D eigenvalue weighted by molar-refractivity contribution is 4.72. The summed E-state index contributed by atoms with van der Waals surface area (Å²) >= 11 is 0. The molecule has 1 rings (SSSR count). The molecule has 2 nitrogen and oxygen atoms in total. The van der Waals surface area contributed by atoms with Crippen molar-refractivity contribution in [3.8, 4) is 0 Å². The molecule has 14 heavy (non-hydrogen) atoms. The highest BCUT2D eigenvalue weighted by atomic mass is 15.3. The molecule has 84 valence electrons.